The third kappa shape index (κ3) is 2.95. The Balaban J connectivity index is 2.91. The van der Waals surface area contributed by atoms with Crippen LogP contribution in [0.3, 0.4) is 0 Å². The summed E-state index contributed by atoms with van der Waals surface area (Å²) in [6.07, 6.45) is 10.8. The molecule has 0 N–H and O–H groups in total. The smallest absolute Gasteiger partial charge is 0.252 e. The van der Waals surface area contributed by atoms with Crippen molar-refractivity contribution in [1.82, 2.24) is 0 Å². The van der Waals surface area contributed by atoms with Gasteiger partial charge >= 0.3 is 0 Å². The summed E-state index contributed by atoms with van der Waals surface area (Å²) in [5, 5.41) is -0.429. The average Bonchev–Trinajstić information content (AvgIpc) is 1.95. The van der Waals surface area contributed by atoms with Crippen molar-refractivity contribution in [3.05, 3.63) is 45.6 Å². The van der Waals surface area contributed by atoms with Gasteiger partial charge in [0.05, 0.1) is 0 Å². The molecule has 0 bridgehead atoms. The number of halogens is 2. The Labute approximate surface area is 89.6 Å². The fourth-order valence-corrected chi connectivity index (χ4v) is 1.27. The van der Waals surface area contributed by atoms with E-state index in [9.17, 15) is 4.79 Å². The molecule has 0 radical (unpaired) electrons. The quantitative estimate of drug-likeness (QED) is 0.536. The minimum atomic E-state index is -0.429. The van der Waals surface area contributed by atoms with Gasteiger partial charge in [-0.1, -0.05) is 24.3 Å². The second-order valence-corrected chi connectivity index (χ2v) is 3.75. The first-order valence-corrected chi connectivity index (χ1v) is 4.78. The van der Waals surface area contributed by atoms with Crippen LogP contribution in [0, 0.1) is 0 Å². The van der Waals surface area contributed by atoms with E-state index >= 15 is 0 Å². The molecule has 1 rings (SSSR count). The minimum Gasteiger partial charge on any atom is -0.276 e. The fourth-order valence-electron chi connectivity index (χ4n) is 0.730. The van der Waals surface area contributed by atoms with E-state index < -0.39 is 5.24 Å². The van der Waals surface area contributed by atoms with E-state index in [1.165, 1.54) is 0 Å². The summed E-state index contributed by atoms with van der Waals surface area (Å²) in [6.45, 7) is 0. The summed E-state index contributed by atoms with van der Waals surface area (Å²) in [5.41, 5.74) is 0.507. The maximum absolute atomic E-state index is 10.7. The first kappa shape index (κ1) is 9.74. The minimum absolute atomic E-state index is 0.429. The second-order valence-electron chi connectivity index (χ2n) is 2.17. The Morgan fingerprint density at radius 1 is 1.25 bits per heavy atom. The predicted molar refractivity (Wildman–Crippen MR) is 59.3 cm³/mol. The molecule has 0 heterocycles. The standard InChI is InChI=1S/C9H6ClIO/c10-9(12)7-3-1-5-8(11)6-2-4-7/h1-6H/b3-1-,4-2?,5-1?,6-2-,7-3?,7-4+,8-5+,8-6?. The fraction of sp³-hybridized carbons (Fsp3) is 0. The van der Waals surface area contributed by atoms with Crippen LogP contribution < -0.4 is 0 Å². The highest BCUT2D eigenvalue weighted by molar-refractivity contribution is 14.1. The number of allylic oxidation sites excluding steroid dienone is 8. The molecule has 0 aromatic carbocycles. The Bertz CT molecular complexity index is 310. The summed E-state index contributed by atoms with van der Waals surface area (Å²) < 4.78 is 1.11. The molecule has 0 aromatic rings. The largest absolute Gasteiger partial charge is 0.276 e. The van der Waals surface area contributed by atoms with Gasteiger partial charge in [-0.2, -0.15) is 0 Å². The summed E-state index contributed by atoms with van der Waals surface area (Å²) in [7, 11) is 0. The van der Waals surface area contributed by atoms with Crippen molar-refractivity contribution >= 4 is 39.4 Å². The molecule has 12 heavy (non-hydrogen) atoms. The molecule has 1 aliphatic carbocycles. The molecule has 0 aliphatic heterocycles. The van der Waals surface area contributed by atoms with Crippen LogP contribution in [0.5, 0.6) is 0 Å². The Kier molecular flexibility index (Phi) is 3.75. The van der Waals surface area contributed by atoms with Crippen molar-refractivity contribution in [2.45, 2.75) is 0 Å². The number of carbonyl (C=O) groups is 1. The van der Waals surface area contributed by atoms with E-state index in [4.69, 9.17) is 11.6 Å². The van der Waals surface area contributed by atoms with E-state index in [0.29, 0.717) is 5.57 Å². The van der Waals surface area contributed by atoms with Gasteiger partial charge in [0.15, 0.2) is 0 Å². The molecule has 1 aliphatic rings. The van der Waals surface area contributed by atoms with E-state index in [1.807, 2.05) is 12.2 Å². The van der Waals surface area contributed by atoms with Gasteiger partial charge in [0.1, 0.15) is 0 Å². The third-order valence-electron chi connectivity index (χ3n) is 1.29. The molecule has 0 spiro atoms. The van der Waals surface area contributed by atoms with Crippen molar-refractivity contribution in [3.8, 4) is 0 Å². The Hall–Kier alpha value is -0.350. The zero-order valence-corrected chi connectivity index (χ0v) is 9.04. The Morgan fingerprint density at radius 3 is 2.58 bits per heavy atom. The lowest BCUT2D eigenvalue weighted by molar-refractivity contribution is -0.108. The highest BCUT2D eigenvalue weighted by Crippen LogP contribution is 2.12. The molecule has 62 valence electrons. The van der Waals surface area contributed by atoms with Gasteiger partial charge in [0.25, 0.3) is 5.24 Å². The molecular formula is C9H6ClIO. The molecule has 1 nitrogen and oxygen atoms in total. The molecule has 0 aromatic heterocycles. The van der Waals surface area contributed by atoms with Crippen LogP contribution in [-0.2, 0) is 4.79 Å². The van der Waals surface area contributed by atoms with E-state index in [0.717, 1.165) is 3.58 Å². The van der Waals surface area contributed by atoms with Crippen LogP contribution in [0.2, 0.25) is 0 Å². The summed E-state index contributed by atoms with van der Waals surface area (Å²) in [5.74, 6) is 0. The molecule has 0 atom stereocenters. The SMILES string of the molecule is O=C(Cl)C1=C/C=C\C(I)=C/C=C\1. The van der Waals surface area contributed by atoms with Gasteiger partial charge in [-0.15, -0.1) is 0 Å². The van der Waals surface area contributed by atoms with Gasteiger partial charge in [-0.25, -0.2) is 0 Å². The highest BCUT2D eigenvalue weighted by atomic mass is 127. The highest BCUT2D eigenvalue weighted by Gasteiger charge is 2.00. The lowest BCUT2D eigenvalue weighted by Crippen LogP contribution is -1.88. The van der Waals surface area contributed by atoms with Crippen molar-refractivity contribution in [2.24, 2.45) is 0 Å². The summed E-state index contributed by atoms with van der Waals surface area (Å²) >= 11 is 7.50. The number of carbonyl (C=O) groups excluding carboxylic acids is 1. The van der Waals surface area contributed by atoms with Crippen LogP contribution in [0.15, 0.2) is 45.6 Å². The molecule has 0 amide bonds. The summed E-state index contributed by atoms with van der Waals surface area (Å²) in [4.78, 5) is 10.7. The van der Waals surface area contributed by atoms with Gasteiger partial charge in [-0.3, -0.25) is 4.79 Å². The lowest BCUT2D eigenvalue weighted by Gasteiger charge is -1.94. The van der Waals surface area contributed by atoms with Crippen LogP contribution in [0.25, 0.3) is 0 Å². The number of hydrogen-bond donors (Lipinski definition) is 0. The first-order chi connectivity index (χ1) is 5.70. The first-order valence-electron chi connectivity index (χ1n) is 3.32. The predicted octanol–water partition coefficient (Wildman–Crippen LogP) is 3.12. The lowest BCUT2D eigenvalue weighted by atomic mass is 10.2. The molecule has 0 saturated carbocycles. The monoisotopic (exact) mass is 292 g/mol. The van der Waals surface area contributed by atoms with Crippen molar-refractivity contribution in [3.63, 3.8) is 0 Å². The van der Waals surface area contributed by atoms with Crippen molar-refractivity contribution < 1.29 is 4.79 Å². The normalized spacial score (nSPS) is 30.2. The van der Waals surface area contributed by atoms with Gasteiger partial charge in [0.2, 0.25) is 0 Å². The maximum Gasteiger partial charge on any atom is 0.252 e. The average molecular weight is 293 g/mol. The summed E-state index contributed by atoms with van der Waals surface area (Å²) in [6, 6.07) is 0. The molecule has 0 saturated heterocycles. The van der Waals surface area contributed by atoms with Crippen molar-refractivity contribution in [1.29, 1.82) is 0 Å². The second kappa shape index (κ2) is 4.62. The van der Waals surface area contributed by atoms with Gasteiger partial charge in [0, 0.05) is 9.15 Å². The van der Waals surface area contributed by atoms with E-state index in [-0.39, 0.29) is 0 Å². The zero-order chi connectivity index (χ0) is 8.97. The van der Waals surface area contributed by atoms with E-state index in [1.54, 1.807) is 24.3 Å². The van der Waals surface area contributed by atoms with E-state index in [2.05, 4.69) is 22.6 Å². The number of rotatable bonds is 1. The van der Waals surface area contributed by atoms with Crippen LogP contribution in [0.1, 0.15) is 0 Å². The molecule has 3 heteroatoms. The van der Waals surface area contributed by atoms with Crippen LogP contribution >= 0.6 is 34.2 Å². The van der Waals surface area contributed by atoms with Gasteiger partial charge < -0.3 is 0 Å². The Morgan fingerprint density at radius 2 is 1.92 bits per heavy atom. The molecule has 0 fully saturated rings. The zero-order valence-electron chi connectivity index (χ0n) is 6.13. The van der Waals surface area contributed by atoms with Crippen molar-refractivity contribution in [2.75, 3.05) is 0 Å². The molecule has 0 unspecified atom stereocenters. The topological polar surface area (TPSA) is 17.1 Å². The molecular weight excluding hydrogens is 286 g/mol. The third-order valence-corrected chi connectivity index (χ3v) is 2.23. The van der Waals surface area contributed by atoms with Gasteiger partial charge in [-0.05, 0) is 46.3 Å². The number of hydrogen-bond acceptors (Lipinski definition) is 1. The van der Waals surface area contributed by atoms with Crippen LogP contribution in [-0.4, -0.2) is 5.24 Å². The van der Waals surface area contributed by atoms with Crippen LogP contribution in [0.4, 0.5) is 0 Å². The maximum atomic E-state index is 10.7.